The van der Waals surface area contributed by atoms with E-state index >= 15 is 0 Å². The van der Waals surface area contributed by atoms with Crippen molar-refractivity contribution in [1.82, 2.24) is 19.9 Å². The molecule has 148 valence electrons. The topological polar surface area (TPSA) is 59.3 Å². The predicted molar refractivity (Wildman–Crippen MR) is 105 cm³/mol. The summed E-state index contributed by atoms with van der Waals surface area (Å²) in [6.45, 7) is 4.05. The van der Waals surface area contributed by atoms with Crippen molar-refractivity contribution in [2.45, 2.75) is 57.4 Å². The first-order chi connectivity index (χ1) is 13.4. The lowest BCUT2D eigenvalue weighted by Gasteiger charge is -2.31. The van der Waals surface area contributed by atoms with Crippen molar-refractivity contribution in [3.8, 4) is 11.3 Å². The van der Waals surface area contributed by atoms with Crippen LogP contribution in [0.4, 0.5) is 8.78 Å². The molecule has 1 fully saturated rings. The first-order valence-electron chi connectivity index (χ1n) is 9.49. The zero-order valence-corrected chi connectivity index (χ0v) is 16.6. The van der Waals surface area contributed by atoms with E-state index in [-0.39, 0.29) is 17.3 Å². The Bertz CT molecular complexity index is 1010. The number of rotatable bonds is 4. The van der Waals surface area contributed by atoms with Crippen LogP contribution in [0.5, 0.6) is 0 Å². The molecule has 1 amide bonds. The number of thiazole rings is 1. The number of nitrogens with one attached hydrogen (secondary N) is 1. The maximum absolute atomic E-state index is 14.1. The van der Waals surface area contributed by atoms with Gasteiger partial charge in [-0.25, -0.2) is 18.3 Å². The number of amides is 1. The molecule has 0 bridgehead atoms. The van der Waals surface area contributed by atoms with Gasteiger partial charge < -0.3 is 5.32 Å². The molecule has 1 aliphatic rings. The Labute approximate surface area is 165 Å². The van der Waals surface area contributed by atoms with Crippen LogP contribution in [0.2, 0.25) is 0 Å². The summed E-state index contributed by atoms with van der Waals surface area (Å²) >= 11 is 1.27. The van der Waals surface area contributed by atoms with Gasteiger partial charge in [-0.05, 0) is 30.9 Å². The molecule has 0 radical (unpaired) electrons. The number of pyridine rings is 1. The number of fused-ring (bicyclic) bond motifs is 1. The van der Waals surface area contributed by atoms with Crippen LogP contribution in [0.25, 0.3) is 16.8 Å². The SMILES string of the molecule is CC(C)c1sc(C(=O)N[C@@H]2CCCCC2(F)F)nc1-c1cnn2ccccc12. The smallest absolute Gasteiger partial charge is 0.280 e. The summed E-state index contributed by atoms with van der Waals surface area (Å²) < 4.78 is 30.0. The second-order valence-electron chi connectivity index (χ2n) is 7.51. The summed E-state index contributed by atoms with van der Waals surface area (Å²) in [6, 6.07) is 4.62. The Morgan fingerprint density at radius 3 is 2.93 bits per heavy atom. The lowest BCUT2D eigenvalue weighted by atomic mass is 9.91. The number of aromatic nitrogens is 3. The van der Waals surface area contributed by atoms with Gasteiger partial charge in [0, 0.05) is 23.1 Å². The molecule has 0 spiro atoms. The Balaban J connectivity index is 1.68. The van der Waals surface area contributed by atoms with Crippen molar-refractivity contribution in [2.75, 3.05) is 0 Å². The summed E-state index contributed by atoms with van der Waals surface area (Å²) in [5, 5.41) is 7.09. The zero-order chi connectivity index (χ0) is 19.9. The van der Waals surface area contributed by atoms with Crippen molar-refractivity contribution >= 4 is 22.8 Å². The van der Waals surface area contributed by atoms with E-state index in [2.05, 4.69) is 15.4 Å². The average molecular weight is 404 g/mol. The molecular weight excluding hydrogens is 382 g/mol. The van der Waals surface area contributed by atoms with Gasteiger partial charge in [0.05, 0.1) is 23.4 Å². The van der Waals surface area contributed by atoms with Crippen LogP contribution in [0, 0.1) is 0 Å². The third-order valence-corrected chi connectivity index (χ3v) is 6.48. The van der Waals surface area contributed by atoms with Crippen LogP contribution in [-0.2, 0) is 0 Å². The minimum absolute atomic E-state index is 0.142. The number of carbonyl (C=O) groups is 1. The van der Waals surface area contributed by atoms with E-state index in [1.165, 1.54) is 11.3 Å². The fourth-order valence-electron chi connectivity index (χ4n) is 3.62. The molecule has 3 heterocycles. The first kappa shape index (κ1) is 19.0. The fraction of sp³-hybridized carbons (Fsp3) is 0.450. The highest BCUT2D eigenvalue weighted by Crippen LogP contribution is 2.37. The van der Waals surface area contributed by atoms with Gasteiger partial charge in [0.2, 0.25) is 0 Å². The number of hydrogen-bond acceptors (Lipinski definition) is 4. The molecule has 1 aliphatic carbocycles. The zero-order valence-electron chi connectivity index (χ0n) is 15.8. The van der Waals surface area contributed by atoms with E-state index in [9.17, 15) is 13.6 Å². The van der Waals surface area contributed by atoms with Gasteiger partial charge in [-0.15, -0.1) is 11.3 Å². The van der Waals surface area contributed by atoms with E-state index in [1.807, 2.05) is 38.2 Å². The molecule has 3 aromatic heterocycles. The van der Waals surface area contributed by atoms with E-state index in [4.69, 9.17) is 0 Å². The molecule has 3 aromatic rings. The number of alkyl halides is 2. The average Bonchev–Trinajstić information content (AvgIpc) is 3.27. The summed E-state index contributed by atoms with van der Waals surface area (Å²) in [5.74, 6) is -3.25. The van der Waals surface area contributed by atoms with Gasteiger partial charge in [0.25, 0.3) is 11.8 Å². The molecule has 0 unspecified atom stereocenters. The predicted octanol–water partition coefficient (Wildman–Crippen LogP) is 4.89. The highest BCUT2D eigenvalue weighted by Gasteiger charge is 2.42. The van der Waals surface area contributed by atoms with Crippen LogP contribution in [0.1, 0.15) is 60.1 Å². The highest BCUT2D eigenvalue weighted by molar-refractivity contribution is 7.14. The van der Waals surface area contributed by atoms with Crippen LogP contribution < -0.4 is 5.32 Å². The molecule has 5 nitrogen and oxygen atoms in total. The third kappa shape index (κ3) is 3.41. The molecule has 0 saturated heterocycles. The fourth-order valence-corrected chi connectivity index (χ4v) is 4.61. The standard InChI is InChI=1S/C20H22F2N4OS/c1-12(2)17-16(13-11-23-26-10-6-4-7-14(13)26)25-19(28-17)18(27)24-15-8-3-5-9-20(15,21)22/h4,6-7,10-12,15H,3,5,8-9H2,1-2H3,(H,24,27)/t15-/m1/s1. The largest absolute Gasteiger partial charge is 0.341 e. The minimum atomic E-state index is -2.86. The van der Waals surface area contributed by atoms with Crippen LogP contribution in [0.3, 0.4) is 0 Å². The Morgan fingerprint density at radius 2 is 2.18 bits per heavy atom. The lowest BCUT2D eigenvalue weighted by Crippen LogP contribution is -2.49. The van der Waals surface area contributed by atoms with E-state index in [1.54, 1.807) is 10.7 Å². The van der Waals surface area contributed by atoms with Crippen molar-refractivity contribution in [3.05, 3.63) is 40.5 Å². The molecule has 4 rings (SSSR count). The van der Waals surface area contributed by atoms with Gasteiger partial charge in [0.15, 0.2) is 5.01 Å². The van der Waals surface area contributed by atoms with Gasteiger partial charge in [-0.1, -0.05) is 26.3 Å². The summed E-state index contributed by atoms with van der Waals surface area (Å²) in [6.07, 6.45) is 4.88. The van der Waals surface area contributed by atoms with Crippen LogP contribution in [-0.4, -0.2) is 32.5 Å². The molecule has 1 saturated carbocycles. The first-order valence-corrected chi connectivity index (χ1v) is 10.3. The Morgan fingerprint density at radius 1 is 1.36 bits per heavy atom. The quantitative estimate of drug-likeness (QED) is 0.674. The molecule has 1 N–H and O–H groups in total. The molecular formula is C20H22F2N4OS. The second-order valence-corrected chi connectivity index (χ2v) is 8.54. The molecule has 8 heteroatoms. The van der Waals surface area contributed by atoms with Gasteiger partial charge >= 0.3 is 0 Å². The van der Waals surface area contributed by atoms with Crippen molar-refractivity contribution in [3.63, 3.8) is 0 Å². The Hall–Kier alpha value is -2.35. The van der Waals surface area contributed by atoms with E-state index < -0.39 is 17.9 Å². The number of halogens is 2. The number of carbonyl (C=O) groups excluding carboxylic acids is 1. The summed E-state index contributed by atoms with van der Waals surface area (Å²) in [7, 11) is 0. The highest BCUT2D eigenvalue weighted by atomic mass is 32.1. The van der Waals surface area contributed by atoms with Gasteiger partial charge in [-0.3, -0.25) is 4.79 Å². The molecule has 28 heavy (non-hydrogen) atoms. The molecule has 0 aromatic carbocycles. The number of nitrogens with zero attached hydrogens (tertiary/aromatic N) is 3. The van der Waals surface area contributed by atoms with Crippen molar-refractivity contribution < 1.29 is 13.6 Å². The maximum Gasteiger partial charge on any atom is 0.280 e. The van der Waals surface area contributed by atoms with Gasteiger partial charge in [-0.2, -0.15) is 5.10 Å². The second kappa shape index (κ2) is 7.24. The lowest BCUT2D eigenvalue weighted by molar-refractivity contribution is -0.0609. The molecule has 0 aliphatic heterocycles. The van der Waals surface area contributed by atoms with Gasteiger partial charge in [0.1, 0.15) is 0 Å². The van der Waals surface area contributed by atoms with Crippen molar-refractivity contribution in [1.29, 1.82) is 0 Å². The van der Waals surface area contributed by atoms with Crippen LogP contribution >= 0.6 is 11.3 Å². The van der Waals surface area contributed by atoms with E-state index in [0.717, 1.165) is 16.0 Å². The van der Waals surface area contributed by atoms with Crippen LogP contribution in [0.15, 0.2) is 30.6 Å². The number of hydrogen-bond donors (Lipinski definition) is 1. The maximum atomic E-state index is 14.1. The third-order valence-electron chi connectivity index (χ3n) is 5.12. The van der Waals surface area contributed by atoms with Crippen molar-refractivity contribution in [2.24, 2.45) is 0 Å². The normalized spacial score (nSPS) is 19.2. The van der Waals surface area contributed by atoms with E-state index in [0.29, 0.717) is 25.0 Å². The Kier molecular flexibility index (Phi) is 4.91. The monoisotopic (exact) mass is 404 g/mol. The minimum Gasteiger partial charge on any atom is -0.341 e. The summed E-state index contributed by atoms with van der Waals surface area (Å²) in [5.41, 5.74) is 2.42. The summed E-state index contributed by atoms with van der Waals surface area (Å²) in [4.78, 5) is 18.2. The molecule has 1 atom stereocenters.